The van der Waals surface area contributed by atoms with Gasteiger partial charge in [0.25, 0.3) is 0 Å². The van der Waals surface area contributed by atoms with E-state index in [0.717, 1.165) is 6.61 Å². The third-order valence-electron chi connectivity index (χ3n) is 4.37. The van der Waals surface area contributed by atoms with Crippen molar-refractivity contribution in [2.75, 3.05) is 6.61 Å². The summed E-state index contributed by atoms with van der Waals surface area (Å²) in [6.07, 6.45) is 17.8. The largest absolute Gasteiger partial charge is 0.377 e. The first-order valence-electron chi connectivity index (χ1n) is 8.15. The molecule has 0 bridgehead atoms. The first kappa shape index (κ1) is 14.3. The Morgan fingerprint density at radius 1 is 1.00 bits per heavy atom. The van der Waals surface area contributed by atoms with Gasteiger partial charge < -0.3 is 4.74 Å². The molecule has 2 aliphatic carbocycles. The summed E-state index contributed by atoms with van der Waals surface area (Å²) in [7, 11) is 0. The molecule has 0 N–H and O–H groups in total. The minimum atomic E-state index is 0.343. The van der Waals surface area contributed by atoms with Crippen molar-refractivity contribution in [2.24, 2.45) is 0 Å². The second-order valence-electron chi connectivity index (χ2n) is 6.00. The van der Waals surface area contributed by atoms with Gasteiger partial charge in [-0.05, 0) is 24.0 Å². The molecule has 1 unspecified atom stereocenters. The fraction of sp³-hybridized carbons (Fsp3) is 0.400. The van der Waals surface area contributed by atoms with Gasteiger partial charge in [0.15, 0.2) is 0 Å². The number of hydrogen-bond acceptors (Lipinski definition) is 1. The molecule has 0 amide bonds. The van der Waals surface area contributed by atoms with Crippen molar-refractivity contribution >= 4 is 0 Å². The summed E-state index contributed by atoms with van der Waals surface area (Å²) in [5.74, 6) is 0.343. The minimum Gasteiger partial charge on any atom is -0.377 e. The smallest absolute Gasteiger partial charge is 0.0575 e. The van der Waals surface area contributed by atoms with Crippen LogP contribution in [0.1, 0.15) is 43.6 Å². The van der Waals surface area contributed by atoms with Crippen molar-refractivity contribution in [3.8, 4) is 0 Å². The van der Waals surface area contributed by atoms with Crippen LogP contribution in [0.5, 0.6) is 0 Å². The van der Waals surface area contributed by atoms with Crippen molar-refractivity contribution < 1.29 is 4.74 Å². The van der Waals surface area contributed by atoms with Gasteiger partial charge in [0.05, 0.1) is 12.7 Å². The van der Waals surface area contributed by atoms with E-state index in [2.05, 4.69) is 60.7 Å². The van der Waals surface area contributed by atoms with Gasteiger partial charge in [0.2, 0.25) is 0 Å². The normalized spacial score (nSPS) is 19.9. The molecule has 1 heteroatoms. The maximum atomic E-state index is 6.22. The Balaban J connectivity index is 1.68. The number of ether oxygens (including phenoxy) is 1. The van der Waals surface area contributed by atoms with E-state index in [4.69, 9.17) is 4.74 Å². The molecule has 0 saturated heterocycles. The fourth-order valence-corrected chi connectivity index (χ4v) is 3.14. The molecular formula is C20H24O. The Hall–Kier alpha value is -1.60. The molecule has 1 atom stereocenters. The molecule has 3 rings (SSSR count). The molecule has 0 aromatic heterocycles. The molecule has 1 saturated carbocycles. The van der Waals surface area contributed by atoms with Crippen LogP contribution in [0, 0.1) is 0 Å². The summed E-state index contributed by atoms with van der Waals surface area (Å²) in [6.45, 7) is 0.792. The van der Waals surface area contributed by atoms with Crippen molar-refractivity contribution in [3.05, 3.63) is 71.8 Å². The highest BCUT2D eigenvalue weighted by molar-refractivity contribution is 5.42. The first-order valence-corrected chi connectivity index (χ1v) is 8.15. The van der Waals surface area contributed by atoms with Crippen molar-refractivity contribution in [2.45, 2.75) is 44.1 Å². The Bertz CT molecular complexity index is 504. The highest BCUT2D eigenvalue weighted by Crippen LogP contribution is 2.25. The summed E-state index contributed by atoms with van der Waals surface area (Å²) in [5, 5.41) is 0. The molecule has 0 aliphatic heterocycles. The van der Waals surface area contributed by atoms with Crippen LogP contribution < -0.4 is 0 Å². The third-order valence-corrected chi connectivity index (χ3v) is 4.37. The van der Waals surface area contributed by atoms with E-state index in [0.29, 0.717) is 12.0 Å². The molecule has 1 nitrogen and oxygen atoms in total. The van der Waals surface area contributed by atoms with E-state index in [1.165, 1.54) is 43.2 Å². The van der Waals surface area contributed by atoms with Gasteiger partial charge in [-0.2, -0.15) is 0 Å². The van der Waals surface area contributed by atoms with Crippen molar-refractivity contribution in [1.29, 1.82) is 0 Å². The lowest BCUT2D eigenvalue weighted by atomic mass is 9.95. The fourth-order valence-electron chi connectivity index (χ4n) is 3.14. The van der Waals surface area contributed by atoms with Crippen molar-refractivity contribution in [1.82, 2.24) is 0 Å². The van der Waals surface area contributed by atoms with E-state index in [1.54, 1.807) is 0 Å². The van der Waals surface area contributed by atoms with Crippen LogP contribution in [0.25, 0.3) is 0 Å². The number of allylic oxidation sites excluding steroid dienone is 5. The first-order chi connectivity index (χ1) is 10.4. The molecule has 0 radical (unpaired) electrons. The highest BCUT2D eigenvalue weighted by Gasteiger charge is 2.17. The van der Waals surface area contributed by atoms with E-state index in [9.17, 15) is 0 Å². The zero-order chi connectivity index (χ0) is 14.3. The summed E-state index contributed by atoms with van der Waals surface area (Å²) in [6, 6.07) is 10.7. The molecule has 21 heavy (non-hydrogen) atoms. The average Bonchev–Trinajstić information content (AvgIpc) is 3.06. The Morgan fingerprint density at radius 3 is 2.43 bits per heavy atom. The van der Waals surface area contributed by atoms with Gasteiger partial charge in [0.1, 0.15) is 0 Å². The number of benzene rings is 1. The van der Waals surface area contributed by atoms with Gasteiger partial charge in [-0.25, -0.2) is 0 Å². The monoisotopic (exact) mass is 280 g/mol. The molecule has 2 aliphatic rings. The van der Waals surface area contributed by atoms with Gasteiger partial charge in [0, 0.05) is 5.92 Å². The van der Waals surface area contributed by atoms with Gasteiger partial charge in [-0.1, -0.05) is 80.0 Å². The molecule has 110 valence electrons. The van der Waals surface area contributed by atoms with Gasteiger partial charge >= 0.3 is 0 Å². The zero-order valence-corrected chi connectivity index (χ0v) is 12.6. The highest BCUT2D eigenvalue weighted by atomic mass is 16.5. The molecule has 1 aromatic rings. The summed E-state index contributed by atoms with van der Waals surface area (Å²) in [4.78, 5) is 0. The van der Waals surface area contributed by atoms with Gasteiger partial charge in [-0.3, -0.25) is 0 Å². The van der Waals surface area contributed by atoms with Crippen LogP contribution >= 0.6 is 0 Å². The summed E-state index contributed by atoms with van der Waals surface area (Å²) in [5.41, 5.74) is 2.63. The van der Waals surface area contributed by atoms with E-state index in [1.807, 2.05) is 0 Å². The zero-order valence-electron chi connectivity index (χ0n) is 12.6. The Kier molecular flexibility index (Phi) is 5.07. The van der Waals surface area contributed by atoms with Crippen molar-refractivity contribution in [3.63, 3.8) is 0 Å². The van der Waals surface area contributed by atoms with E-state index >= 15 is 0 Å². The molecule has 0 spiro atoms. The lowest BCUT2D eigenvalue weighted by molar-refractivity contribution is 0.0251. The third kappa shape index (κ3) is 4.18. The lowest BCUT2D eigenvalue weighted by Gasteiger charge is -2.24. The topological polar surface area (TPSA) is 9.23 Å². The Labute approximate surface area is 128 Å². The minimum absolute atomic E-state index is 0.343. The van der Waals surface area contributed by atoms with E-state index < -0.39 is 0 Å². The molecule has 0 heterocycles. The van der Waals surface area contributed by atoms with E-state index in [-0.39, 0.29) is 0 Å². The summed E-state index contributed by atoms with van der Waals surface area (Å²) < 4.78 is 6.22. The summed E-state index contributed by atoms with van der Waals surface area (Å²) >= 11 is 0. The average molecular weight is 280 g/mol. The lowest BCUT2D eigenvalue weighted by Crippen LogP contribution is -2.19. The number of rotatable bonds is 5. The van der Waals surface area contributed by atoms with Crippen LogP contribution in [0.15, 0.2) is 66.3 Å². The molecular weight excluding hydrogens is 256 g/mol. The van der Waals surface area contributed by atoms with Crippen LogP contribution in [-0.4, -0.2) is 12.7 Å². The van der Waals surface area contributed by atoms with Crippen LogP contribution in [-0.2, 0) is 4.74 Å². The second-order valence-corrected chi connectivity index (χ2v) is 6.00. The second kappa shape index (κ2) is 7.42. The predicted molar refractivity (Wildman–Crippen MR) is 88.4 cm³/mol. The Morgan fingerprint density at radius 2 is 1.71 bits per heavy atom. The number of hydrogen-bond donors (Lipinski definition) is 0. The standard InChI is InChI=1S/C20H24O/c1-3-11-18(12-4-1)19(15-17-9-7-8-10-17)16-21-20-13-5-2-6-14-20/h1,3-4,7-12,15,19-20H,2,5-6,13-14,16H2. The van der Waals surface area contributed by atoms with Crippen LogP contribution in [0.4, 0.5) is 0 Å². The SMILES string of the molecule is C1=CC(=CC(COC2CCCCC2)c2ccccc2)C=C1. The maximum absolute atomic E-state index is 6.22. The van der Waals surface area contributed by atoms with Crippen LogP contribution in [0.3, 0.4) is 0 Å². The van der Waals surface area contributed by atoms with Crippen LogP contribution in [0.2, 0.25) is 0 Å². The molecule has 1 aromatic carbocycles. The van der Waals surface area contributed by atoms with Gasteiger partial charge in [-0.15, -0.1) is 0 Å². The molecule has 1 fully saturated rings. The predicted octanol–water partition coefficient (Wildman–Crippen LogP) is 5.17. The maximum Gasteiger partial charge on any atom is 0.0575 e. The quantitative estimate of drug-likeness (QED) is 0.723.